The van der Waals surface area contributed by atoms with Crippen molar-refractivity contribution in [2.45, 2.75) is 58.4 Å². The monoisotopic (exact) mass is 213 g/mol. The molecular formula is C13H27NO. The van der Waals surface area contributed by atoms with Crippen LogP contribution in [0, 0.1) is 5.41 Å². The van der Waals surface area contributed by atoms with Crippen LogP contribution in [-0.2, 0) is 4.74 Å². The van der Waals surface area contributed by atoms with Crippen molar-refractivity contribution in [2.24, 2.45) is 5.41 Å². The van der Waals surface area contributed by atoms with E-state index in [2.05, 4.69) is 19.2 Å². The van der Waals surface area contributed by atoms with Gasteiger partial charge in [-0.1, -0.05) is 13.3 Å². The minimum atomic E-state index is 0.621. The minimum Gasteiger partial charge on any atom is -0.385 e. The molecule has 90 valence electrons. The normalized spacial score (nSPS) is 21.0. The highest BCUT2D eigenvalue weighted by atomic mass is 16.5. The third-order valence-electron chi connectivity index (χ3n) is 4.01. The first-order chi connectivity index (χ1) is 7.22. The van der Waals surface area contributed by atoms with Gasteiger partial charge in [0, 0.05) is 19.8 Å². The Kier molecular flexibility index (Phi) is 5.62. The van der Waals surface area contributed by atoms with E-state index in [0.717, 1.165) is 6.61 Å². The molecule has 0 aliphatic heterocycles. The summed E-state index contributed by atoms with van der Waals surface area (Å²) in [6.07, 6.45) is 8.07. The van der Waals surface area contributed by atoms with E-state index in [0.29, 0.717) is 11.5 Å². The molecule has 15 heavy (non-hydrogen) atoms. The van der Waals surface area contributed by atoms with Crippen molar-refractivity contribution in [1.29, 1.82) is 0 Å². The Morgan fingerprint density at radius 1 is 1.33 bits per heavy atom. The number of ether oxygens (including phenoxy) is 1. The van der Waals surface area contributed by atoms with Gasteiger partial charge in [0.2, 0.25) is 0 Å². The van der Waals surface area contributed by atoms with Crippen molar-refractivity contribution in [3.8, 4) is 0 Å². The van der Waals surface area contributed by atoms with E-state index in [1.807, 2.05) is 7.11 Å². The molecule has 0 aromatic carbocycles. The van der Waals surface area contributed by atoms with Gasteiger partial charge in [0.05, 0.1) is 0 Å². The van der Waals surface area contributed by atoms with E-state index in [-0.39, 0.29) is 0 Å². The molecule has 0 heterocycles. The second kappa shape index (κ2) is 6.49. The Balaban J connectivity index is 2.15. The van der Waals surface area contributed by atoms with Crippen LogP contribution in [0.25, 0.3) is 0 Å². The van der Waals surface area contributed by atoms with Gasteiger partial charge >= 0.3 is 0 Å². The quantitative estimate of drug-likeness (QED) is 0.669. The van der Waals surface area contributed by atoms with Gasteiger partial charge in [-0.2, -0.15) is 0 Å². The van der Waals surface area contributed by atoms with Crippen LogP contribution in [0.3, 0.4) is 0 Å². The second-order valence-electron chi connectivity index (χ2n) is 5.11. The average Bonchev–Trinajstić information content (AvgIpc) is 2.20. The summed E-state index contributed by atoms with van der Waals surface area (Å²) in [5.41, 5.74) is 0.621. The van der Waals surface area contributed by atoms with Crippen LogP contribution < -0.4 is 5.32 Å². The third kappa shape index (κ3) is 4.12. The van der Waals surface area contributed by atoms with Gasteiger partial charge in [0.1, 0.15) is 0 Å². The zero-order valence-electron chi connectivity index (χ0n) is 10.6. The topological polar surface area (TPSA) is 21.3 Å². The van der Waals surface area contributed by atoms with E-state index in [1.165, 1.54) is 45.1 Å². The van der Waals surface area contributed by atoms with Crippen molar-refractivity contribution in [1.82, 2.24) is 5.32 Å². The van der Waals surface area contributed by atoms with Crippen LogP contribution in [0.4, 0.5) is 0 Å². The fourth-order valence-corrected chi connectivity index (χ4v) is 2.35. The zero-order valence-corrected chi connectivity index (χ0v) is 10.6. The van der Waals surface area contributed by atoms with E-state index in [9.17, 15) is 0 Å². The summed E-state index contributed by atoms with van der Waals surface area (Å²) < 4.78 is 5.20. The van der Waals surface area contributed by atoms with Crippen LogP contribution in [0.1, 0.15) is 52.4 Å². The SMILES string of the molecule is CCC(C)NCCC1(CCOC)CCC1. The molecule has 0 aromatic heterocycles. The largest absolute Gasteiger partial charge is 0.385 e. The highest BCUT2D eigenvalue weighted by Gasteiger charge is 2.35. The molecule has 0 radical (unpaired) electrons. The van der Waals surface area contributed by atoms with Crippen LogP contribution in [0.5, 0.6) is 0 Å². The molecule has 1 atom stereocenters. The molecule has 1 fully saturated rings. The molecule has 2 heteroatoms. The molecule has 1 aliphatic rings. The first kappa shape index (κ1) is 13.0. The summed E-state index contributed by atoms with van der Waals surface area (Å²) in [7, 11) is 1.81. The Morgan fingerprint density at radius 3 is 2.53 bits per heavy atom. The highest BCUT2D eigenvalue weighted by Crippen LogP contribution is 2.46. The zero-order chi connectivity index (χ0) is 11.1. The summed E-state index contributed by atoms with van der Waals surface area (Å²) in [5.74, 6) is 0. The van der Waals surface area contributed by atoms with Crippen molar-refractivity contribution in [2.75, 3.05) is 20.3 Å². The number of nitrogens with one attached hydrogen (secondary N) is 1. The molecule has 1 saturated carbocycles. The number of rotatable bonds is 8. The maximum absolute atomic E-state index is 5.20. The van der Waals surface area contributed by atoms with Gasteiger partial charge in [-0.05, 0) is 51.0 Å². The van der Waals surface area contributed by atoms with Gasteiger partial charge < -0.3 is 10.1 Å². The maximum Gasteiger partial charge on any atom is 0.0467 e. The molecular weight excluding hydrogens is 186 g/mol. The summed E-state index contributed by atoms with van der Waals surface area (Å²) in [6.45, 7) is 6.62. The Labute approximate surface area is 94.8 Å². The summed E-state index contributed by atoms with van der Waals surface area (Å²) in [4.78, 5) is 0. The Hall–Kier alpha value is -0.0800. The van der Waals surface area contributed by atoms with Crippen LogP contribution >= 0.6 is 0 Å². The molecule has 1 aliphatic carbocycles. The molecule has 0 spiro atoms. The van der Waals surface area contributed by atoms with Crippen LogP contribution in [-0.4, -0.2) is 26.3 Å². The molecule has 1 rings (SSSR count). The Bertz CT molecular complexity index is 166. The first-order valence-corrected chi connectivity index (χ1v) is 6.45. The predicted molar refractivity (Wildman–Crippen MR) is 65.1 cm³/mol. The van der Waals surface area contributed by atoms with Crippen molar-refractivity contribution in [3.63, 3.8) is 0 Å². The van der Waals surface area contributed by atoms with E-state index >= 15 is 0 Å². The molecule has 0 bridgehead atoms. The number of hydrogen-bond donors (Lipinski definition) is 1. The summed E-state index contributed by atoms with van der Waals surface area (Å²) in [5, 5.41) is 3.59. The molecule has 0 saturated heterocycles. The number of methoxy groups -OCH3 is 1. The predicted octanol–water partition coefficient (Wildman–Crippen LogP) is 2.97. The van der Waals surface area contributed by atoms with Crippen LogP contribution in [0.15, 0.2) is 0 Å². The third-order valence-corrected chi connectivity index (χ3v) is 4.01. The van der Waals surface area contributed by atoms with E-state index in [4.69, 9.17) is 4.74 Å². The standard InChI is InChI=1S/C13H27NO/c1-4-12(2)14-10-8-13(6-5-7-13)9-11-15-3/h12,14H,4-11H2,1-3H3. The summed E-state index contributed by atoms with van der Waals surface area (Å²) in [6, 6.07) is 0.671. The van der Waals surface area contributed by atoms with E-state index in [1.54, 1.807) is 0 Å². The maximum atomic E-state index is 5.20. The smallest absolute Gasteiger partial charge is 0.0467 e. The number of hydrogen-bond acceptors (Lipinski definition) is 2. The molecule has 0 aromatic rings. The van der Waals surface area contributed by atoms with Gasteiger partial charge in [-0.15, -0.1) is 0 Å². The fourth-order valence-electron chi connectivity index (χ4n) is 2.35. The van der Waals surface area contributed by atoms with Gasteiger partial charge in [-0.25, -0.2) is 0 Å². The lowest BCUT2D eigenvalue weighted by Crippen LogP contribution is -2.36. The lowest BCUT2D eigenvalue weighted by atomic mass is 9.65. The van der Waals surface area contributed by atoms with Gasteiger partial charge in [-0.3, -0.25) is 0 Å². The highest BCUT2D eigenvalue weighted by molar-refractivity contribution is 4.88. The molecule has 2 nitrogen and oxygen atoms in total. The summed E-state index contributed by atoms with van der Waals surface area (Å²) >= 11 is 0. The Morgan fingerprint density at radius 2 is 2.07 bits per heavy atom. The molecule has 0 amide bonds. The molecule has 1 N–H and O–H groups in total. The van der Waals surface area contributed by atoms with Crippen LogP contribution in [0.2, 0.25) is 0 Å². The first-order valence-electron chi connectivity index (χ1n) is 6.45. The van der Waals surface area contributed by atoms with Gasteiger partial charge in [0.25, 0.3) is 0 Å². The minimum absolute atomic E-state index is 0.621. The van der Waals surface area contributed by atoms with E-state index < -0.39 is 0 Å². The van der Waals surface area contributed by atoms with Crippen molar-refractivity contribution < 1.29 is 4.74 Å². The molecule has 1 unspecified atom stereocenters. The van der Waals surface area contributed by atoms with Crippen molar-refractivity contribution >= 4 is 0 Å². The second-order valence-corrected chi connectivity index (χ2v) is 5.11. The average molecular weight is 213 g/mol. The van der Waals surface area contributed by atoms with Crippen molar-refractivity contribution in [3.05, 3.63) is 0 Å². The van der Waals surface area contributed by atoms with Gasteiger partial charge in [0.15, 0.2) is 0 Å². The lowest BCUT2D eigenvalue weighted by molar-refractivity contribution is 0.0609. The fraction of sp³-hybridized carbons (Fsp3) is 1.00. The lowest BCUT2D eigenvalue weighted by Gasteiger charge is -2.42.